The summed E-state index contributed by atoms with van der Waals surface area (Å²) in [5, 5.41) is 14.0. The normalized spacial score (nSPS) is 27.5. The smallest absolute Gasteiger partial charge is 0.241 e. The maximum absolute atomic E-state index is 14.6. The number of carbonyl (C=O) groups is 4. The molecule has 2 heterocycles. The van der Waals surface area contributed by atoms with Crippen LogP contribution in [-0.4, -0.2) is 28.7 Å². The van der Waals surface area contributed by atoms with Gasteiger partial charge in [0.25, 0.3) is 0 Å². The van der Waals surface area contributed by atoms with Crippen molar-refractivity contribution in [2.24, 2.45) is 29.1 Å². The van der Waals surface area contributed by atoms with Crippen molar-refractivity contribution in [3.63, 3.8) is 0 Å². The first-order valence-electron chi connectivity index (χ1n) is 16.8. The lowest BCUT2D eigenvalue weighted by Crippen LogP contribution is -2.49. The van der Waals surface area contributed by atoms with E-state index in [1.807, 2.05) is 81.4 Å². The zero-order chi connectivity index (χ0) is 34.2. The van der Waals surface area contributed by atoms with Crippen molar-refractivity contribution < 1.29 is 24.3 Å². The number of benzene rings is 4. The van der Waals surface area contributed by atoms with Crippen LogP contribution < -0.4 is 15.1 Å². The molecule has 4 amide bonds. The van der Waals surface area contributed by atoms with E-state index in [0.29, 0.717) is 28.9 Å². The Morgan fingerprint density at radius 1 is 0.714 bits per heavy atom. The molecule has 2 aliphatic carbocycles. The number of hydrogen-bond donors (Lipinski definition) is 2. The van der Waals surface area contributed by atoms with Gasteiger partial charge in [0.05, 0.1) is 34.5 Å². The first-order valence-corrected chi connectivity index (χ1v) is 16.8. The number of aromatic hydroxyl groups is 1. The zero-order valence-corrected chi connectivity index (χ0v) is 27.6. The third kappa shape index (κ3) is 4.57. The van der Waals surface area contributed by atoms with Gasteiger partial charge in [0.15, 0.2) is 0 Å². The van der Waals surface area contributed by atoms with Crippen LogP contribution in [0.25, 0.3) is 0 Å². The molecular weight excluding hydrogens is 614 g/mol. The van der Waals surface area contributed by atoms with Crippen molar-refractivity contribution in [3.05, 3.63) is 125 Å². The number of aryl methyl sites for hydroxylation is 2. The van der Waals surface area contributed by atoms with Gasteiger partial charge in [0.1, 0.15) is 5.75 Å². The van der Waals surface area contributed by atoms with E-state index in [1.165, 1.54) is 9.80 Å². The van der Waals surface area contributed by atoms with Gasteiger partial charge in [-0.25, -0.2) is 4.90 Å². The molecule has 6 unspecified atom stereocenters. The predicted octanol–water partition coefficient (Wildman–Crippen LogP) is 7.19. The molecule has 4 aliphatic rings. The Morgan fingerprint density at radius 3 is 1.96 bits per heavy atom. The summed E-state index contributed by atoms with van der Waals surface area (Å²) in [6.07, 6.45) is 2.71. The highest BCUT2D eigenvalue weighted by Crippen LogP contribution is 2.64. The number of nitrogens with zero attached hydrogens (tertiary/aromatic N) is 2. The molecule has 2 N–H and O–H groups in total. The number of hydrogen-bond acceptors (Lipinski definition) is 6. The van der Waals surface area contributed by atoms with Crippen LogP contribution in [0.3, 0.4) is 0 Å². The average molecular weight is 652 g/mol. The Bertz CT molecular complexity index is 2030. The van der Waals surface area contributed by atoms with Crippen LogP contribution in [0.1, 0.15) is 42.4 Å². The maximum atomic E-state index is 14.6. The summed E-state index contributed by atoms with van der Waals surface area (Å²) in [6, 6.07) is 29.8. The zero-order valence-electron chi connectivity index (χ0n) is 27.6. The van der Waals surface area contributed by atoms with Gasteiger partial charge in [-0.05, 0) is 105 Å². The van der Waals surface area contributed by atoms with Gasteiger partial charge < -0.3 is 10.4 Å². The van der Waals surface area contributed by atoms with Crippen LogP contribution in [0.15, 0.2) is 109 Å². The topological polar surface area (TPSA) is 107 Å². The fourth-order valence-corrected chi connectivity index (χ4v) is 9.01. The number of anilines is 4. The molecule has 6 atom stereocenters. The largest absolute Gasteiger partial charge is 0.507 e. The van der Waals surface area contributed by atoms with Gasteiger partial charge >= 0.3 is 0 Å². The fourth-order valence-electron chi connectivity index (χ4n) is 9.01. The Kier molecular flexibility index (Phi) is 7.10. The molecule has 0 spiro atoms. The fraction of sp³-hybridized carbons (Fsp3) is 0.268. The molecule has 0 radical (unpaired) electrons. The third-order valence-electron chi connectivity index (χ3n) is 11.3. The quantitative estimate of drug-likeness (QED) is 0.175. The van der Waals surface area contributed by atoms with Gasteiger partial charge in [-0.3, -0.25) is 24.1 Å². The van der Waals surface area contributed by atoms with E-state index in [-0.39, 0.29) is 35.8 Å². The van der Waals surface area contributed by atoms with Crippen molar-refractivity contribution in [3.8, 4) is 5.75 Å². The van der Waals surface area contributed by atoms with E-state index >= 15 is 0 Å². The number of amides is 4. The standard InChI is InChI=1S/C41H37N3O5/c1-23-20-25(21-24(2)36(23)45)35-30-18-19-31-34(32(30)22-33-38(47)44(40(49)41(33,35)3)28-12-8-5-9-13-28)39(48)43(37(31)46)29-16-14-27(15-17-29)42-26-10-6-4-7-11-26/h4-18,20-21,31-35,42,45H,19,22H2,1-3H3. The number of phenolic OH excluding ortho intramolecular Hbond substituents is 1. The van der Waals surface area contributed by atoms with Crippen molar-refractivity contribution in [2.45, 2.75) is 39.5 Å². The lowest BCUT2D eigenvalue weighted by atomic mass is 9.51. The molecule has 8 heteroatoms. The molecule has 3 fully saturated rings. The van der Waals surface area contributed by atoms with Gasteiger partial charge in [-0.1, -0.05) is 60.2 Å². The van der Waals surface area contributed by atoms with Crippen molar-refractivity contribution >= 4 is 46.4 Å². The van der Waals surface area contributed by atoms with Gasteiger partial charge in [0, 0.05) is 17.3 Å². The highest BCUT2D eigenvalue weighted by molar-refractivity contribution is 6.25. The average Bonchev–Trinajstić information content (AvgIpc) is 3.47. The van der Waals surface area contributed by atoms with Gasteiger partial charge in [0.2, 0.25) is 23.6 Å². The van der Waals surface area contributed by atoms with E-state index in [9.17, 15) is 24.3 Å². The molecule has 0 bridgehead atoms. The lowest BCUT2D eigenvalue weighted by molar-refractivity contribution is -0.131. The maximum Gasteiger partial charge on any atom is 0.241 e. The second-order valence-corrected chi connectivity index (χ2v) is 14.1. The molecule has 246 valence electrons. The number of para-hydroxylation sites is 2. The van der Waals surface area contributed by atoms with E-state index < -0.39 is 35.0 Å². The number of rotatable bonds is 5. The molecule has 49 heavy (non-hydrogen) atoms. The van der Waals surface area contributed by atoms with Gasteiger partial charge in [-0.2, -0.15) is 0 Å². The van der Waals surface area contributed by atoms with Crippen molar-refractivity contribution in [2.75, 3.05) is 15.1 Å². The first-order chi connectivity index (χ1) is 23.6. The highest BCUT2D eigenvalue weighted by atomic mass is 16.3. The number of phenols is 1. The second-order valence-electron chi connectivity index (χ2n) is 14.1. The number of fused-ring (bicyclic) bond motifs is 4. The van der Waals surface area contributed by atoms with Crippen LogP contribution >= 0.6 is 0 Å². The van der Waals surface area contributed by atoms with E-state index in [2.05, 4.69) is 11.4 Å². The van der Waals surface area contributed by atoms with E-state index in [0.717, 1.165) is 22.5 Å². The molecule has 1 saturated carbocycles. The van der Waals surface area contributed by atoms with E-state index in [1.54, 1.807) is 36.4 Å². The third-order valence-corrected chi connectivity index (χ3v) is 11.3. The number of allylic oxidation sites excluding steroid dienone is 2. The molecule has 0 aromatic heterocycles. The van der Waals surface area contributed by atoms with Crippen molar-refractivity contribution in [1.29, 1.82) is 0 Å². The molecule has 8 nitrogen and oxygen atoms in total. The number of nitrogens with one attached hydrogen (secondary N) is 1. The summed E-state index contributed by atoms with van der Waals surface area (Å²) >= 11 is 0. The van der Waals surface area contributed by atoms with Crippen molar-refractivity contribution in [1.82, 2.24) is 0 Å². The lowest BCUT2D eigenvalue weighted by Gasteiger charge is -2.49. The molecule has 2 aliphatic heterocycles. The summed E-state index contributed by atoms with van der Waals surface area (Å²) < 4.78 is 0. The molecule has 2 saturated heterocycles. The Morgan fingerprint density at radius 2 is 1.31 bits per heavy atom. The molecule has 4 aromatic rings. The van der Waals surface area contributed by atoms with Crippen LogP contribution in [0.2, 0.25) is 0 Å². The molecule has 8 rings (SSSR count). The summed E-state index contributed by atoms with van der Waals surface area (Å²) in [6.45, 7) is 5.53. The van der Waals surface area contributed by atoms with Crippen LogP contribution in [0, 0.1) is 42.9 Å². The SMILES string of the molecule is Cc1cc(C2C3=CCC4C(=O)N(c5ccc(Nc6ccccc6)cc5)C(=O)C4C3CC3C(=O)N(c4ccccc4)C(=O)C32C)cc(C)c1O. The number of imide groups is 2. The van der Waals surface area contributed by atoms with Crippen LogP contribution in [0.4, 0.5) is 22.7 Å². The predicted molar refractivity (Wildman–Crippen MR) is 187 cm³/mol. The summed E-state index contributed by atoms with van der Waals surface area (Å²) in [5.74, 6) is -3.75. The summed E-state index contributed by atoms with van der Waals surface area (Å²) in [5.41, 5.74) is 4.74. The summed E-state index contributed by atoms with van der Waals surface area (Å²) in [7, 11) is 0. The van der Waals surface area contributed by atoms with Gasteiger partial charge in [-0.15, -0.1) is 0 Å². The Labute approximate surface area is 285 Å². The van der Waals surface area contributed by atoms with Crippen LogP contribution in [0.5, 0.6) is 5.75 Å². The highest BCUT2D eigenvalue weighted by Gasteiger charge is 2.67. The molecule has 4 aromatic carbocycles. The monoisotopic (exact) mass is 651 g/mol. The minimum absolute atomic E-state index is 0.187. The number of carbonyl (C=O) groups excluding carboxylic acids is 4. The minimum Gasteiger partial charge on any atom is -0.507 e. The first kappa shape index (κ1) is 30.8. The minimum atomic E-state index is -1.13. The van der Waals surface area contributed by atoms with E-state index in [4.69, 9.17) is 0 Å². The second kappa shape index (κ2) is 11.3. The van der Waals surface area contributed by atoms with Crippen LogP contribution in [-0.2, 0) is 19.2 Å². The Hall–Kier alpha value is -5.50. The molecular formula is C41H37N3O5. The summed E-state index contributed by atoms with van der Waals surface area (Å²) in [4.78, 5) is 60.0. The Balaban J connectivity index is 1.19.